The van der Waals surface area contributed by atoms with E-state index in [1.807, 2.05) is 17.8 Å². The van der Waals surface area contributed by atoms with Crippen molar-refractivity contribution in [2.24, 2.45) is 5.92 Å². The van der Waals surface area contributed by atoms with E-state index in [2.05, 4.69) is 40.2 Å². The van der Waals surface area contributed by atoms with Crippen molar-refractivity contribution < 1.29 is 5.11 Å². The second-order valence-corrected chi connectivity index (χ2v) is 5.31. The Morgan fingerprint density at radius 1 is 1.50 bits per heavy atom. The van der Waals surface area contributed by atoms with Gasteiger partial charge in [0.2, 0.25) is 0 Å². The quantitative estimate of drug-likeness (QED) is 0.837. The monoisotopic (exact) mass is 289 g/mol. The van der Waals surface area contributed by atoms with Gasteiger partial charge in [-0.05, 0) is 35.7 Å². The Kier molecular flexibility index (Phi) is 5.44. The largest absolute Gasteiger partial charge is 0.396 e. The van der Waals surface area contributed by atoms with Gasteiger partial charge in [-0.3, -0.25) is 4.68 Å². The third-order valence-electron chi connectivity index (χ3n) is 2.75. The van der Waals surface area contributed by atoms with E-state index in [0.717, 1.165) is 11.0 Å². The average Bonchev–Trinajstić information content (AvgIpc) is 2.62. The standard InChI is InChI=1S/C11H20BrN3O/c1-8(7-16)10(3)14-9(2)5-15-6-11(12)4-13-15/h4,6,8-10,14,16H,5,7H2,1-3H3. The number of aromatic nitrogens is 2. The number of hydrogen-bond acceptors (Lipinski definition) is 3. The number of rotatable bonds is 6. The first kappa shape index (κ1) is 13.7. The van der Waals surface area contributed by atoms with Crippen LogP contribution in [-0.4, -0.2) is 33.6 Å². The Morgan fingerprint density at radius 3 is 2.69 bits per heavy atom. The summed E-state index contributed by atoms with van der Waals surface area (Å²) in [6.45, 7) is 7.30. The number of hydrogen-bond donors (Lipinski definition) is 2. The molecule has 4 nitrogen and oxygen atoms in total. The van der Waals surface area contributed by atoms with Crippen molar-refractivity contribution in [1.29, 1.82) is 0 Å². The number of nitrogens with one attached hydrogen (secondary N) is 1. The number of nitrogens with zero attached hydrogens (tertiary/aromatic N) is 2. The normalized spacial score (nSPS) is 17.1. The van der Waals surface area contributed by atoms with Crippen molar-refractivity contribution in [2.45, 2.75) is 39.4 Å². The van der Waals surface area contributed by atoms with Crippen molar-refractivity contribution in [3.05, 3.63) is 16.9 Å². The molecule has 3 unspecified atom stereocenters. The predicted octanol–water partition coefficient (Wildman–Crippen LogP) is 1.64. The molecule has 5 heteroatoms. The van der Waals surface area contributed by atoms with Crippen LogP contribution in [0.4, 0.5) is 0 Å². The lowest BCUT2D eigenvalue weighted by atomic mass is 10.0. The molecule has 0 aliphatic heterocycles. The molecule has 1 aromatic rings. The fraction of sp³-hybridized carbons (Fsp3) is 0.727. The van der Waals surface area contributed by atoms with Crippen molar-refractivity contribution in [2.75, 3.05) is 6.61 Å². The first-order chi connectivity index (χ1) is 7.52. The molecule has 0 fully saturated rings. The van der Waals surface area contributed by atoms with Crippen LogP contribution in [-0.2, 0) is 6.54 Å². The van der Waals surface area contributed by atoms with Crippen LogP contribution in [0.15, 0.2) is 16.9 Å². The molecule has 3 atom stereocenters. The van der Waals surface area contributed by atoms with Gasteiger partial charge >= 0.3 is 0 Å². The molecule has 0 aliphatic carbocycles. The van der Waals surface area contributed by atoms with Gasteiger partial charge in [-0.1, -0.05) is 6.92 Å². The first-order valence-corrected chi connectivity index (χ1v) is 6.37. The Balaban J connectivity index is 2.38. The molecule has 0 aromatic carbocycles. The lowest BCUT2D eigenvalue weighted by molar-refractivity contribution is 0.199. The maximum absolute atomic E-state index is 9.05. The molecule has 0 saturated carbocycles. The van der Waals surface area contributed by atoms with E-state index in [1.165, 1.54) is 0 Å². The average molecular weight is 290 g/mol. The molecule has 1 heterocycles. The summed E-state index contributed by atoms with van der Waals surface area (Å²) in [5, 5.41) is 16.7. The van der Waals surface area contributed by atoms with E-state index >= 15 is 0 Å². The molecular weight excluding hydrogens is 270 g/mol. The highest BCUT2D eigenvalue weighted by molar-refractivity contribution is 9.10. The minimum Gasteiger partial charge on any atom is -0.396 e. The Hall–Kier alpha value is -0.390. The van der Waals surface area contributed by atoms with E-state index in [0.29, 0.717) is 12.1 Å². The maximum Gasteiger partial charge on any atom is 0.0632 e. The van der Waals surface area contributed by atoms with E-state index in [1.54, 1.807) is 6.20 Å². The van der Waals surface area contributed by atoms with Gasteiger partial charge in [-0.15, -0.1) is 0 Å². The molecular formula is C11H20BrN3O. The highest BCUT2D eigenvalue weighted by Gasteiger charge is 2.13. The minimum atomic E-state index is 0.216. The highest BCUT2D eigenvalue weighted by atomic mass is 79.9. The van der Waals surface area contributed by atoms with Gasteiger partial charge in [0.05, 0.1) is 17.2 Å². The molecule has 0 aliphatic rings. The van der Waals surface area contributed by atoms with Crippen molar-refractivity contribution in [1.82, 2.24) is 15.1 Å². The molecule has 2 N–H and O–H groups in total. The Morgan fingerprint density at radius 2 is 2.19 bits per heavy atom. The SMILES string of the molecule is CC(Cn1cc(Br)cn1)NC(C)C(C)CO. The molecule has 92 valence electrons. The van der Waals surface area contributed by atoms with Crippen LogP contribution in [0, 0.1) is 5.92 Å². The summed E-state index contributed by atoms with van der Waals surface area (Å²) in [7, 11) is 0. The molecule has 0 spiro atoms. The summed E-state index contributed by atoms with van der Waals surface area (Å²) in [6, 6.07) is 0.634. The summed E-state index contributed by atoms with van der Waals surface area (Å²) in [5.41, 5.74) is 0. The predicted molar refractivity (Wildman–Crippen MR) is 68.2 cm³/mol. The molecule has 0 saturated heterocycles. The Bertz CT molecular complexity index is 316. The van der Waals surface area contributed by atoms with Gasteiger partial charge in [0.1, 0.15) is 0 Å². The summed E-state index contributed by atoms with van der Waals surface area (Å²) in [4.78, 5) is 0. The number of aliphatic hydroxyl groups is 1. The highest BCUT2D eigenvalue weighted by Crippen LogP contribution is 2.07. The van der Waals surface area contributed by atoms with Crippen molar-refractivity contribution in [3.63, 3.8) is 0 Å². The van der Waals surface area contributed by atoms with Gasteiger partial charge in [-0.25, -0.2) is 0 Å². The van der Waals surface area contributed by atoms with Crippen LogP contribution in [0.25, 0.3) is 0 Å². The van der Waals surface area contributed by atoms with Crippen molar-refractivity contribution in [3.8, 4) is 0 Å². The molecule has 1 aromatic heterocycles. The zero-order chi connectivity index (χ0) is 12.1. The van der Waals surface area contributed by atoms with Gasteiger partial charge in [0.25, 0.3) is 0 Å². The lowest BCUT2D eigenvalue weighted by Crippen LogP contribution is -2.41. The van der Waals surface area contributed by atoms with Crippen LogP contribution in [0.1, 0.15) is 20.8 Å². The summed E-state index contributed by atoms with van der Waals surface area (Å²) in [6.07, 6.45) is 3.74. The second-order valence-electron chi connectivity index (χ2n) is 4.40. The fourth-order valence-electron chi connectivity index (χ4n) is 1.54. The van der Waals surface area contributed by atoms with Crippen molar-refractivity contribution >= 4 is 15.9 Å². The van der Waals surface area contributed by atoms with Gasteiger partial charge in [-0.2, -0.15) is 5.10 Å². The van der Waals surface area contributed by atoms with Gasteiger partial charge in [0.15, 0.2) is 0 Å². The molecule has 1 rings (SSSR count). The topological polar surface area (TPSA) is 50.1 Å². The first-order valence-electron chi connectivity index (χ1n) is 5.57. The van der Waals surface area contributed by atoms with Crippen LogP contribution in [0.2, 0.25) is 0 Å². The third-order valence-corrected chi connectivity index (χ3v) is 3.16. The van der Waals surface area contributed by atoms with Gasteiger partial charge < -0.3 is 10.4 Å². The summed E-state index contributed by atoms with van der Waals surface area (Å²) >= 11 is 3.37. The summed E-state index contributed by atoms with van der Waals surface area (Å²) in [5.74, 6) is 0.270. The zero-order valence-corrected chi connectivity index (χ0v) is 11.6. The molecule has 16 heavy (non-hydrogen) atoms. The second kappa shape index (κ2) is 6.37. The van der Waals surface area contributed by atoms with Crippen LogP contribution < -0.4 is 5.32 Å². The smallest absolute Gasteiger partial charge is 0.0632 e. The minimum absolute atomic E-state index is 0.216. The van der Waals surface area contributed by atoms with E-state index in [4.69, 9.17) is 5.11 Å². The van der Waals surface area contributed by atoms with E-state index in [9.17, 15) is 0 Å². The number of halogens is 1. The number of aliphatic hydroxyl groups excluding tert-OH is 1. The van der Waals surface area contributed by atoms with Crippen LogP contribution in [0.3, 0.4) is 0 Å². The lowest BCUT2D eigenvalue weighted by Gasteiger charge is -2.24. The summed E-state index contributed by atoms with van der Waals surface area (Å²) < 4.78 is 2.90. The molecule has 0 radical (unpaired) electrons. The maximum atomic E-state index is 9.05. The van der Waals surface area contributed by atoms with Gasteiger partial charge in [0, 0.05) is 24.9 Å². The zero-order valence-electron chi connectivity index (χ0n) is 10.0. The van der Waals surface area contributed by atoms with Crippen LogP contribution in [0.5, 0.6) is 0 Å². The fourth-order valence-corrected chi connectivity index (χ4v) is 1.87. The van der Waals surface area contributed by atoms with E-state index in [-0.39, 0.29) is 12.5 Å². The van der Waals surface area contributed by atoms with Crippen LogP contribution >= 0.6 is 15.9 Å². The molecule has 0 amide bonds. The third kappa shape index (κ3) is 4.23. The Labute approximate surface area is 105 Å². The van der Waals surface area contributed by atoms with E-state index < -0.39 is 0 Å². The molecule has 0 bridgehead atoms.